The molecular formula is C10H18N4O3S. The maximum absolute atomic E-state index is 11.9. The number of sulfonamides is 1. The van der Waals surface area contributed by atoms with Gasteiger partial charge in [0.1, 0.15) is 0 Å². The van der Waals surface area contributed by atoms with Crippen molar-refractivity contribution in [2.75, 3.05) is 20.1 Å². The first-order valence-electron chi connectivity index (χ1n) is 5.56. The van der Waals surface area contributed by atoms with E-state index in [1.807, 2.05) is 13.8 Å². The molecule has 8 heteroatoms. The highest BCUT2D eigenvalue weighted by molar-refractivity contribution is 7.89. The Morgan fingerprint density at radius 2 is 2.22 bits per heavy atom. The van der Waals surface area contributed by atoms with Crippen molar-refractivity contribution in [1.29, 1.82) is 0 Å². The lowest BCUT2D eigenvalue weighted by Gasteiger charge is -2.16. The van der Waals surface area contributed by atoms with Gasteiger partial charge in [0.15, 0.2) is 5.03 Å². The van der Waals surface area contributed by atoms with Gasteiger partial charge in [-0.05, 0) is 12.0 Å². The number of H-pyrrole nitrogens is 1. The highest BCUT2D eigenvalue weighted by Crippen LogP contribution is 2.09. The van der Waals surface area contributed by atoms with Crippen LogP contribution in [-0.2, 0) is 14.8 Å². The van der Waals surface area contributed by atoms with Crippen molar-refractivity contribution in [3.63, 3.8) is 0 Å². The number of amides is 1. The van der Waals surface area contributed by atoms with Crippen LogP contribution in [0.2, 0.25) is 0 Å². The molecule has 1 aromatic rings. The average molecular weight is 274 g/mol. The van der Waals surface area contributed by atoms with Gasteiger partial charge >= 0.3 is 0 Å². The minimum absolute atomic E-state index is 0.0262. The second-order valence-electron chi connectivity index (χ2n) is 4.38. The fraction of sp³-hybridized carbons (Fsp3) is 0.600. The van der Waals surface area contributed by atoms with Crippen LogP contribution in [0.3, 0.4) is 0 Å². The molecule has 0 aromatic carbocycles. The molecule has 102 valence electrons. The molecule has 2 N–H and O–H groups in total. The highest BCUT2D eigenvalue weighted by atomic mass is 32.2. The second kappa shape index (κ2) is 5.96. The van der Waals surface area contributed by atoms with Crippen LogP contribution in [0.5, 0.6) is 0 Å². The predicted octanol–water partition coefficient (Wildman–Crippen LogP) is -0.198. The molecule has 0 spiro atoms. The van der Waals surface area contributed by atoms with Crippen LogP contribution >= 0.6 is 0 Å². The van der Waals surface area contributed by atoms with E-state index in [1.165, 1.54) is 19.3 Å². The highest BCUT2D eigenvalue weighted by Gasteiger charge is 2.23. The van der Waals surface area contributed by atoms with Crippen molar-refractivity contribution in [2.45, 2.75) is 18.9 Å². The van der Waals surface area contributed by atoms with E-state index in [2.05, 4.69) is 15.5 Å². The molecule has 1 amide bonds. The summed E-state index contributed by atoms with van der Waals surface area (Å²) in [6.07, 6.45) is 1.35. The largest absolute Gasteiger partial charge is 0.355 e. The molecule has 0 aliphatic rings. The summed E-state index contributed by atoms with van der Waals surface area (Å²) in [7, 11) is -2.32. The lowest BCUT2D eigenvalue weighted by molar-refractivity contribution is -0.121. The van der Waals surface area contributed by atoms with Crippen LogP contribution in [0, 0.1) is 5.92 Å². The van der Waals surface area contributed by atoms with Gasteiger partial charge in [-0.3, -0.25) is 9.89 Å². The third-order valence-corrected chi connectivity index (χ3v) is 3.97. The number of hydrogen-bond donors (Lipinski definition) is 2. The Bertz CT molecular complexity index is 481. The second-order valence-corrected chi connectivity index (χ2v) is 6.39. The Balaban J connectivity index is 2.60. The maximum Gasteiger partial charge on any atom is 0.260 e. The van der Waals surface area contributed by atoms with E-state index < -0.39 is 10.0 Å². The predicted molar refractivity (Wildman–Crippen MR) is 66.3 cm³/mol. The van der Waals surface area contributed by atoms with Crippen molar-refractivity contribution in [3.05, 3.63) is 12.3 Å². The molecule has 0 bridgehead atoms. The van der Waals surface area contributed by atoms with Crippen LogP contribution in [0.4, 0.5) is 0 Å². The van der Waals surface area contributed by atoms with Crippen molar-refractivity contribution < 1.29 is 13.2 Å². The number of carbonyl (C=O) groups is 1. The molecule has 0 unspecified atom stereocenters. The quantitative estimate of drug-likeness (QED) is 0.751. The fourth-order valence-electron chi connectivity index (χ4n) is 1.22. The number of nitrogens with zero attached hydrogens (tertiary/aromatic N) is 2. The van der Waals surface area contributed by atoms with E-state index in [0.717, 1.165) is 4.31 Å². The summed E-state index contributed by atoms with van der Waals surface area (Å²) in [6, 6.07) is 1.35. The third kappa shape index (κ3) is 3.81. The van der Waals surface area contributed by atoms with Gasteiger partial charge in [0.05, 0.1) is 12.7 Å². The normalized spacial score (nSPS) is 12.1. The summed E-state index contributed by atoms with van der Waals surface area (Å²) in [5, 5.41) is 8.58. The van der Waals surface area contributed by atoms with Gasteiger partial charge < -0.3 is 5.32 Å². The minimum Gasteiger partial charge on any atom is -0.355 e. The van der Waals surface area contributed by atoms with Crippen LogP contribution < -0.4 is 5.32 Å². The number of likely N-dealkylation sites (N-methyl/N-ethyl adjacent to an activating group) is 1. The van der Waals surface area contributed by atoms with Gasteiger partial charge in [-0.2, -0.15) is 9.40 Å². The SMILES string of the molecule is CC(C)CNC(=O)CN(C)S(=O)(=O)c1ccn[nH]1. The standard InChI is InChI=1S/C10H18N4O3S/c1-8(2)6-11-9(15)7-14(3)18(16,17)10-4-5-12-13-10/h4-5,8H,6-7H2,1-3H3,(H,11,15)(H,12,13). The van der Waals surface area contributed by atoms with Crippen molar-refractivity contribution in [2.24, 2.45) is 5.92 Å². The van der Waals surface area contributed by atoms with Gasteiger partial charge in [-0.25, -0.2) is 8.42 Å². The molecule has 0 atom stereocenters. The van der Waals surface area contributed by atoms with Gasteiger partial charge in [0.25, 0.3) is 10.0 Å². The third-order valence-electron chi connectivity index (χ3n) is 2.24. The van der Waals surface area contributed by atoms with E-state index in [-0.39, 0.29) is 17.5 Å². The molecular weight excluding hydrogens is 256 g/mol. The van der Waals surface area contributed by atoms with Crippen LogP contribution in [0.15, 0.2) is 17.3 Å². The number of hydrogen-bond acceptors (Lipinski definition) is 4. The number of aromatic nitrogens is 2. The molecule has 1 heterocycles. The Hall–Kier alpha value is -1.41. The van der Waals surface area contributed by atoms with Crippen molar-refractivity contribution >= 4 is 15.9 Å². The van der Waals surface area contributed by atoms with Gasteiger partial charge in [0.2, 0.25) is 5.91 Å². The topological polar surface area (TPSA) is 95.2 Å². The molecule has 1 rings (SSSR count). The first-order chi connectivity index (χ1) is 8.34. The summed E-state index contributed by atoms with van der Waals surface area (Å²) in [4.78, 5) is 11.5. The van der Waals surface area contributed by atoms with E-state index >= 15 is 0 Å². The summed E-state index contributed by atoms with van der Waals surface area (Å²) >= 11 is 0. The van der Waals surface area contributed by atoms with Gasteiger partial charge in [0, 0.05) is 13.6 Å². The molecule has 0 saturated heterocycles. The smallest absolute Gasteiger partial charge is 0.260 e. The minimum atomic E-state index is -3.67. The van der Waals surface area contributed by atoms with Crippen LogP contribution in [0.25, 0.3) is 0 Å². The molecule has 1 aromatic heterocycles. The zero-order chi connectivity index (χ0) is 13.8. The first-order valence-corrected chi connectivity index (χ1v) is 7.00. The summed E-state index contributed by atoms with van der Waals surface area (Å²) < 4.78 is 24.9. The Kier molecular flexibility index (Phi) is 4.85. The number of nitrogens with one attached hydrogen (secondary N) is 2. The zero-order valence-corrected chi connectivity index (χ0v) is 11.5. The van der Waals surface area contributed by atoms with Crippen molar-refractivity contribution in [3.8, 4) is 0 Å². The van der Waals surface area contributed by atoms with E-state index in [4.69, 9.17) is 0 Å². The molecule has 0 aliphatic heterocycles. The summed E-state index contributed by atoms with van der Waals surface area (Å²) in [6.45, 7) is 4.24. The van der Waals surface area contributed by atoms with Crippen LogP contribution in [-0.4, -0.2) is 49.0 Å². The molecule has 0 fully saturated rings. The van der Waals surface area contributed by atoms with E-state index in [1.54, 1.807) is 0 Å². The molecule has 18 heavy (non-hydrogen) atoms. The lowest BCUT2D eigenvalue weighted by Crippen LogP contribution is -2.39. The molecule has 7 nitrogen and oxygen atoms in total. The molecule has 0 radical (unpaired) electrons. The average Bonchev–Trinajstić information content (AvgIpc) is 2.80. The van der Waals surface area contributed by atoms with E-state index in [0.29, 0.717) is 12.5 Å². The lowest BCUT2D eigenvalue weighted by atomic mass is 10.2. The van der Waals surface area contributed by atoms with Crippen molar-refractivity contribution in [1.82, 2.24) is 19.8 Å². The summed E-state index contributed by atoms with van der Waals surface area (Å²) in [5.74, 6) is -0.00207. The van der Waals surface area contributed by atoms with Gasteiger partial charge in [-0.1, -0.05) is 13.8 Å². The van der Waals surface area contributed by atoms with Gasteiger partial charge in [-0.15, -0.1) is 0 Å². The maximum atomic E-state index is 11.9. The number of rotatable bonds is 6. The summed E-state index contributed by atoms with van der Waals surface area (Å²) in [5.41, 5.74) is 0. The molecule has 0 aliphatic carbocycles. The first kappa shape index (κ1) is 14.7. The monoisotopic (exact) mass is 274 g/mol. The number of aromatic amines is 1. The zero-order valence-electron chi connectivity index (χ0n) is 10.7. The van der Waals surface area contributed by atoms with Crippen LogP contribution in [0.1, 0.15) is 13.8 Å². The molecule has 0 saturated carbocycles. The fourth-order valence-corrected chi connectivity index (χ4v) is 2.24. The van der Waals surface area contributed by atoms with E-state index in [9.17, 15) is 13.2 Å². The Morgan fingerprint density at radius 1 is 1.56 bits per heavy atom. The number of carbonyl (C=O) groups excluding carboxylic acids is 1. The Morgan fingerprint density at radius 3 is 2.72 bits per heavy atom. The Labute approximate surface area is 107 Å².